The minimum atomic E-state index is -0.963. The molecule has 0 radical (unpaired) electrons. The van der Waals surface area contributed by atoms with E-state index in [9.17, 15) is 24.3 Å². The van der Waals surface area contributed by atoms with E-state index >= 15 is 0 Å². The first-order valence-electron chi connectivity index (χ1n) is 12.3. The highest BCUT2D eigenvalue weighted by Crippen LogP contribution is 2.34. The van der Waals surface area contributed by atoms with Gasteiger partial charge in [-0.15, -0.1) is 0 Å². The molecule has 0 saturated carbocycles. The van der Waals surface area contributed by atoms with Gasteiger partial charge in [0.05, 0.1) is 12.0 Å². The Hall–Kier alpha value is -3.92. The molecule has 1 fully saturated rings. The molecule has 0 bridgehead atoms. The van der Waals surface area contributed by atoms with Crippen LogP contribution in [0.25, 0.3) is 0 Å². The van der Waals surface area contributed by atoms with E-state index in [4.69, 9.17) is 0 Å². The smallest absolute Gasteiger partial charge is 0.259 e. The van der Waals surface area contributed by atoms with Crippen LogP contribution in [0.15, 0.2) is 58.8 Å². The second-order valence-electron chi connectivity index (χ2n) is 9.74. The number of carbonyl (C=O) groups is 4. The van der Waals surface area contributed by atoms with E-state index < -0.39 is 23.1 Å². The molecular weight excluding hydrogens is 504 g/mol. The fourth-order valence-electron chi connectivity index (χ4n) is 4.31. The molecule has 2 atom stereocenters. The van der Waals surface area contributed by atoms with Crippen LogP contribution in [0.1, 0.15) is 60.9 Å². The highest BCUT2D eigenvalue weighted by Gasteiger charge is 2.36. The molecule has 0 aromatic heterocycles. The predicted molar refractivity (Wildman–Crippen MR) is 147 cm³/mol. The van der Waals surface area contributed by atoms with Crippen molar-refractivity contribution in [2.45, 2.75) is 57.7 Å². The van der Waals surface area contributed by atoms with Crippen LogP contribution in [0.5, 0.6) is 0 Å². The summed E-state index contributed by atoms with van der Waals surface area (Å²) in [4.78, 5) is 54.4. The second kappa shape index (κ2) is 11.2. The van der Waals surface area contributed by atoms with Crippen molar-refractivity contribution in [3.05, 3.63) is 76.1 Å². The number of carbonyl (C=O) groups excluding carboxylic acids is 4. The zero-order valence-corrected chi connectivity index (χ0v) is 22.4. The SMILES string of the molecule is Cc1ccc(NC(=O)CC2SC(=NC(C3=C(O)CC(=O)NC3=O)c3ccc(C(C)C)cc3)NC2=O)c(C)c1. The summed E-state index contributed by atoms with van der Waals surface area (Å²) in [6.45, 7) is 7.98. The number of imide groups is 1. The first kappa shape index (κ1) is 27.1. The molecule has 2 aromatic carbocycles. The number of hydrogen-bond donors (Lipinski definition) is 4. The van der Waals surface area contributed by atoms with E-state index in [1.54, 1.807) is 0 Å². The Labute approximate surface area is 225 Å². The van der Waals surface area contributed by atoms with Gasteiger partial charge in [0.15, 0.2) is 5.17 Å². The summed E-state index contributed by atoms with van der Waals surface area (Å²) in [6.07, 6.45) is -0.410. The molecule has 2 unspecified atom stereocenters. The standard InChI is InChI=1S/C28H30N4O5S/c1-14(2)17-6-8-18(9-7-17)25(24-20(33)12-22(34)30-27(24)37)31-28-32-26(36)21(38-28)13-23(35)29-19-10-5-15(3)11-16(19)4/h5-11,14,21,25,33H,12-13H2,1-4H3,(H,29,35)(H,30,34,37)(H,31,32,36). The number of benzene rings is 2. The lowest BCUT2D eigenvalue weighted by atomic mass is 9.92. The number of rotatable bonds is 7. The quantitative estimate of drug-likeness (QED) is 0.397. The van der Waals surface area contributed by atoms with Gasteiger partial charge in [0.25, 0.3) is 5.91 Å². The zero-order valence-electron chi connectivity index (χ0n) is 21.6. The van der Waals surface area contributed by atoms with Crippen LogP contribution in [0.4, 0.5) is 5.69 Å². The van der Waals surface area contributed by atoms with Crippen molar-refractivity contribution in [2.24, 2.45) is 4.99 Å². The number of anilines is 1. The van der Waals surface area contributed by atoms with Crippen LogP contribution in [0.2, 0.25) is 0 Å². The number of aliphatic hydroxyl groups excluding tert-OH is 1. The maximum atomic E-state index is 12.7. The number of nitrogens with one attached hydrogen (secondary N) is 3. The lowest BCUT2D eigenvalue weighted by Crippen LogP contribution is -2.38. The van der Waals surface area contributed by atoms with Crippen molar-refractivity contribution in [1.29, 1.82) is 0 Å². The van der Waals surface area contributed by atoms with Gasteiger partial charge < -0.3 is 15.7 Å². The largest absolute Gasteiger partial charge is 0.511 e. The zero-order chi connectivity index (χ0) is 27.6. The molecule has 38 heavy (non-hydrogen) atoms. The van der Waals surface area contributed by atoms with E-state index in [1.165, 1.54) is 0 Å². The van der Waals surface area contributed by atoms with Crippen molar-refractivity contribution in [3.63, 3.8) is 0 Å². The van der Waals surface area contributed by atoms with Crippen LogP contribution < -0.4 is 16.0 Å². The lowest BCUT2D eigenvalue weighted by molar-refractivity contribution is -0.130. The fraction of sp³-hybridized carbons (Fsp3) is 0.321. The molecule has 0 spiro atoms. The summed E-state index contributed by atoms with van der Waals surface area (Å²) in [5.41, 5.74) is 4.33. The molecule has 0 aliphatic carbocycles. The molecule has 4 rings (SSSR count). The van der Waals surface area contributed by atoms with Gasteiger partial charge >= 0.3 is 0 Å². The number of aliphatic imine (C=N–C) groups is 1. The summed E-state index contributed by atoms with van der Waals surface area (Å²) in [7, 11) is 0. The molecule has 2 heterocycles. The molecule has 10 heteroatoms. The number of nitrogens with zero attached hydrogens (tertiary/aromatic N) is 1. The Morgan fingerprint density at radius 1 is 1.08 bits per heavy atom. The Balaban J connectivity index is 1.57. The molecule has 4 amide bonds. The number of amidine groups is 1. The predicted octanol–water partition coefficient (Wildman–Crippen LogP) is 3.94. The number of amides is 4. The van der Waals surface area contributed by atoms with Gasteiger partial charge in [-0.3, -0.25) is 24.5 Å². The van der Waals surface area contributed by atoms with E-state index in [2.05, 4.69) is 34.8 Å². The Morgan fingerprint density at radius 2 is 1.76 bits per heavy atom. The number of hydrogen-bond acceptors (Lipinski definition) is 7. The van der Waals surface area contributed by atoms with Crippen molar-refractivity contribution >= 4 is 46.2 Å². The average Bonchev–Trinajstić information content (AvgIpc) is 3.18. The summed E-state index contributed by atoms with van der Waals surface area (Å²) >= 11 is 1.09. The summed E-state index contributed by atoms with van der Waals surface area (Å²) in [5.74, 6) is -2.09. The number of aliphatic hydroxyl groups is 1. The summed E-state index contributed by atoms with van der Waals surface area (Å²) in [5, 5.41) is 17.8. The van der Waals surface area contributed by atoms with Gasteiger partial charge in [0.2, 0.25) is 17.7 Å². The minimum Gasteiger partial charge on any atom is -0.511 e. The molecule has 198 valence electrons. The maximum absolute atomic E-state index is 12.7. The number of thioether (sulfide) groups is 1. The molecule has 2 aromatic rings. The first-order valence-corrected chi connectivity index (χ1v) is 13.2. The van der Waals surface area contributed by atoms with Gasteiger partial charge in [-0.1, -0.05) is 67.6 Å². The van der Waals surface area contributed by atoms with E-state index in [0.717, 1.165) is 28.5 Å². The topological polar surface area (TPSA) is 137 Å². The van der Waals surface area contributed by atoms with Crippen molar-refractivity contribution < 1.29 is 24.3 Å². The normalized spacial score (nSPS) is 19.6. The maximum Gasteiger partial charge on any atom is 0.259 e. The van der Waals surface area contributed by atoms with E-state index in [0.29, 0.717) is 11.3 Å². The average molecular weight is 535 g/mol. The van der Waals surface area contributed by atoms with E-state index in [-0.39, 0.29) is 47.1 Å². The molecular formula is C28H30N4O5S. The molecule has 4 N–H and O–H groups in total. The minimum absolute atomic E-state index is 0.0553. The molecule has 1 saturated heterocycles. The molecule has 9 nitrogen and oxygen atoms in total. The van der Waals surface area contributed by atoms with Gasteiger partial charge in [-0.25, -0.2) is 4.99 Å². The van der Waals surface area contributed by atoms with Crippen LogP contribution >= 0.6 is 11.8 Å². The van der Waals surface area contributed by atoms with Crippen molar-refractivity contribution in [3.8, 4) is 0 Å². The number of aryl methyl sites for hydroxylation is 2. The van der Waals surface area contributed by atoms with Crippen LogP contribution in [-0.2, 0) is 19.2 Å². The van der Waals surface area contributed by atoms with Crippen molar-refractivity contribution in [1.82, 2.24) is 10.6 Å². The third-order valence-corrected chi connectivity index (χ3v) is 7.47. The lowest BCUT2D eigenvalue weighted by Gasteiger charge is -2.22. The monoisotopic (exact) mass is 534 g/mol. The fourth-order valence-corrected chi connectivity index (χ4v) is 5.30. The Bertz CT molecular complexity index is 1360. The molecule has 2 aliphatic heterocycles. The molecule has 2 aliphatic rings. The second-order valence-corrected chi connectivity index (χ2v) is 10.9. The summed E-state index contributed by atoms with van der Waals surface area (Å²) < 4.78 is 0. The highest BCUT2D eigenvalue weighted by atomic mass is 32.2. The van der Waals surface area contributed by atoms with E-state index in [1.807, 2.05) is 56.3 Å². The van der Waals surface area contributed by atoms with Crippen molar-refractivity contribution in [2.75, 3.05) is 5.32 Å². The van der Waals surface area contributed by atoms with Gasteiger partial charge in [-0.05, 0) is 42.5 Å². The van der Waals surface area contributed by atoms with Gasteiger partial charge in [0, 0.05) is 12.1 Å². The summed E-state index contributed by atoms with van der Waals surface area (Å²) in [6, 6.07) is 12.2. The van der Waals surface area contributed by atoms with Gasteiger partial charge in [-0.2, -0.15) is 0 Å². The van der Waals surface area contributed by atoms with Crippen LogP contribution in [0, 0.1) is 13.8 Å². The highest BCUT2D eigenvalue weighted by molar-refractivity contribution is 8.15. The Kier molecular flexibility index (Phi) is 8.01. The van der Waals surface area contributed by atoms with Gasteiger partial charge in [0.1, 0.15) is 17.1 Å². The Morgan fingerprint density at radius 3 is 2.39 bits per heavy atom. The van der Waals surface area contributed by atoms with Crippen LogP contribution in [0.3, 0.4) is 0 Å². The third-order valence-electron chi connectivity index (χ3n) is 6.38. The third kappa shape index (κ3) is 6.13. The first-order chi connectivity index (χ1) is 18.0. The van der Waals surface area contributed by atoms with Crippen LogP contribution in [-0.4, -0.2) is 39.2 Å².